The second-order valence-corrected chi connectivity index (χ2v) is 20.5. The Balaban J connectivity index is 2.56. The second-order valence-electron chi connectivity index (χ2n) is 20.5. The first-order chi connectivity index (χ1) is 32.3. The van der Waals surface area contributed by atoms with E-state index in [1.54, 1.807) is 0 Å². The molecular formula is C57H109NO8. The van der Waals surface area contributed by atoms with Crippen molar-refractivity contribution in [2.24, 2.45) is 5.92 Å². The molecule has 1 saturated heterocycles. The number of nitrogens with one attached hydrogen (secondary N) is 1. The van der Waals surface area contributed by atoms with Crippen molar-refractivity contribution in [2.75, 3.05) is 6.61 Å². The van der Waals surface area contributed by atoms with Crippen LogP contribution in [0.25, 0.3) is 0 Å². The predicted octanol–water partition coefficient (Wildman–Crippen LogP) is 15.5. The largest absolute Gasteiger partial charge is 0.462 e. The van der Waals surface area contributed by atoms with Crippen molar-refractivity contribution in [3.63, 3.8) is 0 Å². The summed E-state index contributed by atoms with van der Waals surface area (Å²) in [6, 6.07) is -1.01. The zero-order valence-corrected chi connectivity index (χ0v) is 43.9. The molecule has 0 aromatic heterocycles. The lowest BCUT2D eigenvalue weighted by molar-refractivity contribution is -0.241. The van der Waals surface area contributed by atoms with Gasteiger partial charge in [0.25, 0.3) is 0 Å². The monoisotopic (exact) mass is 936 g/mol. The molecule has 0 spiro atoms. The Bertz CT molecular complexity index is 1100. The Hall–Kier alpha value is -1.71. The van der Waals surface area contributed by atoms with E-state index in [4.69, 9.17) is 14.2 Å². The van der Waals surface area contributed by atoms with E-state index in [0.29, 0.717) is 12.8 Å². The standard InChI is InChI=1S/C57H109NO8/c1-5-8-11-14-17-20-22-24-26-28-30-33-36-39-42-45-53(61)64-50(44-41-38-35-32-19-16-13-10-7-3)47-52(60)58-55-56(49(4)51(48-59)65-57(55)63)66-54(62)46-43-40-37-34-31-29-27-25-23-21-18-15-12-9-6-2/h49-51,55-57,59,63H,5-48H2,1-4H3,(H,58,60)/t49-,50-,51-,55-,56+,57?/m1/s1. The summed E-state index contributed by atoms with van der Waals surface area (Å²) >= 11 is 0. The zero-order chi connectivity index (χ0) is 48.1. The minimum absolute atomic E-state index is 0.0393. The third-order valence-electron chi connectivity index (χ3n) is 14.2. The van der Waals surface area contributed by atoms with E-state index in [-0.39, 0.29) is 37.3 Å². The fraction of sp³-hybridized carbons (Fsp3) is 0.947. The summed E-state index contributed by atoms with van der Waals surface area (Å²) in [6.45, 7) is 8.23. The number of aliphatic hydroxyl groups excluding tert-OH is 2. The van der Waals surface area contributed by atoms with E-state index in [2.05, 4.69) is 26.1 Å². The number of unbranched alkanes of at least 4 members (excludes halogenated alkanes) is 36. The van der Waals surface area contributed by atoms with Crippen molar-refractivity contribution >= 4 is 17.8 Å². The van der Waals surface area contributed by atoms with E-state index in [1.165, 1.54) is 193 Å². The minimum atomic E-state index is -1.46. The van der Waals surface area contributed by atoms with Gasteiger partial charge in [-0.05, 0) is 25.7 Å². The van der Waals surface area contributed by atoms with Crippen LogP contribution in [0.2, 0.25) is 0 Å². The number of hydrogen-bond acceptors (Lipinski definition) is 8. The average Bonchev–Trinajstić information content (AvgIpc) is 3.30. The third kappa shape index (κ3) is 35.4. The quantitative estimate of drug-likeness (QED) is 0.0406. The van der Waals surface area contributed by atoms with Gasteiger partial charge in [-0.15, -0.1) is 0 Å². The van der Waals surface area contributed by atoms with E-state index in [0.717, 1.165) is 57.8 Å². The number of rotatable bonds is 48. The van der Waals surface area contributed by atoms with Crippen molar-refractivity contribution in [3.05, 3.63) is 0 Å². The van der Waals surface area contributed by atoms with Crippen molar-refractivity contribution < 1.29 is 38.8 Å². The summed E-state index contributed by atoms with van der Waals surface area (Å²) in [6.07, 6.45) is 45.7. The Kier molecular flexibility index (Phi) is 43.2. The molecule has 1 amide bonds. The molecule has 0 aromatic rings. The van der Waals surface area contributed by atoms with Crippen LogP contribution >= 0.6 is 0 Å². The van der Waals surface area contributed by atoms with Crippen LogP contribution in [0.4, 0.5) is 0 Å². The first-order valence-corrected chi connectivity index (χ1v) is 28.9. The Morgan fingerprint density at radius 3 is 1.20 bits per heavy atom. The lowest BCUT2D eigenvalue weighted by Crippen LogP contribution is -2.62. The molecule has 1 aliphatic heterocycles. The summed E-state index contributed by atoms with van der Waals surface area (Å²) in [5.74, 6) is -1.48. The number of ether oxygens (including phenoxy) is 3. The number of amides is 1. The SMILES string of the molecule is CCCCCCCCCCCCCCCCCC(=O)O[C@H](CCCCCCCCCCC)CC(=O)N[C@H]1C(O)O[C@H](CO)[C@@H](C)[C@@H]1OC(=O)CCCCCCCCCCCCCCCCC. The maximum absolute atomic E-state index is 13.7. The fourth-order valence-corrected chi connectivity index (χ4v) is 9.71. The van der Waals surface area contributed by atoms with Gasteiger partial charge in [0.2, 0.25) is 5.91 Å². The molecule has 3 N–H and O–H groups in total. The van der Waals surface area contributed by atoms with Gasteiger partial charge in [-0.2, -0.15) is 0 Å². The van der Waals surface area contributed by atoms with Crippen molar-refractivity contribution in [3.8, 4) is 0 Å². The molecule has 1 rings (SSSR count). The molecule has 1 heterocycles. The first-order valence-electron chi connectivity index (χ1n) is 28.9. The summed E-state index contributed by atoms with van der Waals surface area (Å²) in [7, 11) is 0. The number of carbonyl (C=O) groups is 3. The predicted molar refractivity (Wildman–Crippen MR) is 274 cm³/mol. The summed E-state index contributed by atoms with van der Waals surface area (Å²) < 4.78 is 17.7. The molecule has 9 nitrogen and oxygen atoms in total. The summed E-state index contributed by atoms with van der Waals surface area (Å²) in [5, 5.41) is 24.0. The van der Waals surface area contributed by atoms with Crippen LogP contribution in [-0.4, -0.2) is 65.3 Å². The normalized spacial score (nSPS) is 18.9. The number of esters is 2. The zero-order valence-electron chi connectivity index (χ0n) is 43.9. The van der Waals surface area contributed by atoms with Gasteiger partial charge in [0.15, 0.2) is 6.29 Å². The molecular weight excluding hydrogens is 827 g/mol. The molecule has 0 aromatic carbocycles. The summed E-state index contributed by atoms with van der Waals surface area (Å²) in [5.41, 5.74) is 0. The van der Waals surface area contributed by atoms with Crippen molar-refractivity contribution in [1.82, 2.24) is 5.32 Å². The molecule has 9 heteroatoms. The highest BCUT2D eigenvalue weighted by atomic mass is 16.6. The Labute approximate surface area is 407 Å². The van der Waals surface area contributed by atoms with Gasteiger partial charge >= 0.3 is 11.9 Å². The Morgan fingerprint density at radius 2 is 0.833 bits per heavy atom. The van der Waals surface area contributed by atoms with Crippen LogP contribution in [0.1, 0.15) is 304 Å². The van der Waals surface area contributed by atoms with Crippen LogP contribution in [-0.2, 0) is 28.6 Å². The van der Waals surface area contributed by atoms with Crippen molar-refractivity contribution in [2.45, 2.75) is 334 Å². The molecule has 390 valence electrons. The maximum Gasteiger partial charge on any atom is 0.306 e. The molecule has 0 radical (unpaired) electrons. The van der Waals surface area contributed by atoms with E-state index in [9.17, 15) is 24.6 Å². The number of aliphatic hydroxyl groups is 2. The average molecular weight is 936 g/mol. The first kappa shape index (κ1) is 62.3. The third-order valence-corrected chi connectivity index (χ3v) is 14.2. The topological polar surface area (TPSA) is 131 Å². The van der Waals surface area contributed by atoms with Crippen LogP contribution < -0.4 is 5.32 Å². The van der Waals surface area contributed by atoms with Gasteiger partial charge in [-0.25, -0.2) is 0 Å². The van der Waals surface area contributed by atoms with Crippen LogP contribution in [0.3, 0.4) is 0 Å². The van der Waals surface area contributed by atoms with Gasteiger partial charge in [-0.3, -0.25) is 14.4 Å². The number of carbonyl (C=O) groups excluding carboxylic acids is 3. The van der Waals surface area contributed by atoms with E-state index >= 15 is 0 Å². The molecule has 0 bridgehead atoms. The minimum Gasteiger partial charge on any atom is -0.462 e. The summed E-state index contributed by atoms with van der Waals surface area (Å²) in [4.78, 5) is 39.9. The fourth-order valence-electron chi connectivity index (χ4n) is 9.71. The molecule has 66 heavy (non-hydrogen) atoms. The molecule has 1 fully saturated rings. The molecule has 1 aliphatic rings. The maximum atomic E-state index is 13.7. The van der Waals surface area contributed by atoms with Gasteiger partial charge in [0.1, 0.15) is 18.2 Å². The lowest BCUT2D eigenvalue weighted by Gasteiger charge is -2.43. The molecule has 0 aliphatic carbocycles. The van der Waals surface area contributed by atoms with E-state index in [1.807, 2.05) is 6.92 Å². The van der Waals surface area contributed by atoms with Gasteiger partial charge < -0.3 is 29.7 Å². The molecule has 6 atom stereocenters. The molecule has 0 saturated carbocycles. The van der Waals surface area contributed by atoms with Crippen molar-refractivity contribution in [1.29, 1.82) is 0 Å². The highest BCUT2D eigenvalue weighted by Gasteiger charge is 2.46. The highest BCUT2D eigenvalue weighted by molar-refractivity contribution is 5.78. The van der Waals surface area contributed by atoms with Gasteiger partial charge in [0.05, 0.1) is 19.1 Å². The van der Waals surface area contributed by atoms with E-state index < -0.39 is 36.6 Å². The lowest BCUT2D eigenvalue weighted by atomic mass is 9.89. The second kappa shape index (κ2) is 45.7. The smallest absolute Gasteiger partial charge is 0.306 e. The Morgan fingerprint density at radius 1 is 0.500 bits per heavy atom. The van der Waals surface area contributed by atoms with Crippen LogP contribution in [0, 0.1) is 5.92 Å². The highest BCUT2D eigenvalue weighted by Crippen LogP contribution is 2.29. The number of hydrogen-bond donors (Lipinski definition) is 3. The molecule has 1 unspecified atom stereocenters. The van der Waals surface area contributed by atoms with Crippen LogP contribution in [0.15, 0.2) is 0 Å². The van der Waals surface area contributed by atoms with Gasteiger partial charge in [-0.1, -0.05) is 259 Å². The van der Waals surface area contributed by atoms with Crippen LogP contribution in [0.5, 0.6) is 0 Å². The van der Waals surface area contributed by atoms with Gasteiger partial charge in [0, 0.05) is 18.8 Å².